The molecule has 9 aromatic rings. The van der Waals surface area contributed by atoms with Crippen LogP contribution in [-0.2, 0) is 5.41 Å². The van der Waals surface area contributed by atoms with E-state index in [1.54, 1.807) is 0 Å². The second kappa shape index (κ2) is 8.30. The fraction of sp³-hybridized carbons (Fsp3) is 0.0732. The van der Waals surface area contributed by atoms with Crippen molar-refractivity contribution in [3.05, 3.63) is 133 Å². The van der Waals surface area contributed by atoms with E-state index in [9.17, 15) is 0 Å². The molecule has 0 saturated heterocycles. The van der Waals surface area contributed by atoms with Crippen LogP contribution in [0.15, 0.2) is 126 Å². The van der Waals surface area contributed by atoms with E-state index in [1.165, 1.54) is 43.8 Å². The Morgan fingerprint density at radius 2 is 1.20 bits per heavy atom. The van der Waals surface area contributed by atoms with Gasteiger partial charge in [0.05, 0.1) is 16.7 Å². The number of hydrogen-bond donors (Lipinski definition) is 0. The molecular weight excluding hydrogens is 536 g/mol. The largest absolute Gasteiger partial charge is 0.456 e. The molecule has 206 valence electrons. The van der Waals surface area contributed by atoms with Gasteiger partial charge in [-0.25, -0.2) is 4.98 Å². The summed E-state index contributed by atoms with van der Waals surface area (Å²) in [6, 6.07) is 41.5. The number of fused-ring (bicyclic) bond motifs is 6. The Morgan fingerprint density at radius 1 is 0.523 bits per heavy atom. The molecular formula is C41H26N2O. The van der Waals surface area contributed by atoms with Crippen LogP contribution in [0.25, 0.3) is 87.7 Å². The summed E-state index contributed by atoms with van der Waals surface area (Å²) >= 11 is 0. The predicted octanol–water partition coefficient (Wildman–Crippen LogP) is 11.0. The summed E-state index contributed by atoms with van der Waals surface area (Å²) in [6.07, 6.45) is 1.85. The minimum atomic E-state index is -0.166. The van der Waals surface area contributed by atoms with Crippen LogP contribution in [0.5, 0.6) is 0 Å². The Kier molecular flexibility index (Phi) is 4.52. The van der Waals surface area contributed by atoms with Gasteiger partial charge in [0.2, 0.25) is 0 Å². The highest BCUT2D eigenvalue weighted by atomic mass is 16.3. The highest BCUT2D eigenvalue weighted by Gasteiger charge is 2.35. The first-order valence-electron chi connectivity index (χ1n) is 15.1. The van der Waals surface area contributed by atoms with Crippen LogP contribution in [0.2, 0.25) is 0 Å². The van der Waals surface area contributed by atoms with E-state index in [4.69, 9.17) is 9.40 Å². The van der Waals surface area contributed by atoms with E-state index >= 15 is 0 Å². The van der Waals surface area contributed by atoms with Crippen molar-refractivity contribution in [2.24, 2.45) is 0 Å². The fourth-order valence-corrected chi connectivity index (χ4v) is 7.56. The van der Waals surface area contributed by atoms with Gasteiger partial charge >= 0.3 is 0 Å². The zero-order chi connectivity index (χ0) is 29.2. The Bertz CT molecular complexity index is 2700. The maximum Gasteiger partial charge on any atom is 0.136 e. The molecule has 1 aliphatic carbocycles. The maximum atomic E-state index is 6.25. The molecule has 3 aromatic heterocycles. The van der Waals surface area contributed by atoms with Gasteiger partial charge in [0.1, 0.15) is 11.2 Å². The second-order valence-electron chi connectivity index (χ2n) is 12.7. The minimum Gasteiger partial charge on any atom is -0.456 e. The Hall–Kier alpha value is -5.54. The van der Waals surface area contributed by atoms with Gasteiger partial charge in [0, 0.05) is 38.7 Å². The van der Waals surface area contributed by atoms with Crippen LogP contribution in [0, 0.1) is 0 Å². The molecule has 3 heterocycles. The quantitative estimate of drug-likeness (QED) is 0.197. The van der Waals surface area contributed by atoms with Crippen LogP contribution in [0.4, 0.5) is 0 Å². The third kappa shape index (κ3) is 3.16. The van der Waals surface area contributed by atoms with Crippen molar-refractivity contribution in [1.82, 2.24) is 9.97 Å². The topological polar surface area (TPSA) is 38.9 Å². The number of nitrogens with zero attached hydrogens (tertiary/aromatic N) is 2. The maximum absolute atomic E-state index is 6.25. The van der Waals surface area contributed by atoms with Gasteiger partial charge in [-0.2, -0.15) is 0 Å². The van der Waals surface area contributed by atoms with Gasteiger partial charge < -0.3 is 4.42 Å². The Balaban J connectivity index is 1.15. The number of aromatic nitrogens is 2. The van der Waals surface area contributed by atoms with Crippen LogP contribution in [0.1, 0.15) is 25.0 Å². The Labute approximate surface area is 253 Å². The molecule has 0 atom stereocenters. The number of rotatable bonds is 2. The number of pyridine rings is 2. The average Bonchev–Trinajstić information content (AvgIpc) is 3.55. The van der Waals surface area contributed by atoms with Crippen molar-refractivity contribution in [3.63, 3.8) is 0 Å². The summed E-state index contributed by atoms with van der Waals surface area (Å²) in [5.74, 6) is 0. The first-order valence-corrected chi connectivity index (χ1v) is 15.1. The molecule has 3 heteroatoms. The van der Waals surface area contributed by atoms with Gasteiger partial charge in [-0.1, -0.05) is 74.5 Å². The number of para-hydroxylation sites is 1. The summed E-state index contributed by atoms with van der Waals surface area (Å²) < 4.78 is 6.25. The highest BCUT2D eigenvalue weighted by molar-refractivity contribution is 6.17. The van der Waals surface area contributed by atoms with E-state index in [0.29, 0.717) is 0 Å². The lowest BCUT2D eigenvalue weighted by molar-refractivity contribution is 0.663. The standard InChI is InChI=1S/C41H26N2O/c1-41(2)32-20-28(25-13-15-31-30-7-3-4-8-35(30)44-36(31)22-25)18-26-11-12-27-19-29(21-33(41)38(27)37(26)32)34-16-14-24-10-9-23-6-5-17-42-39(23)40(24)43-34/h3-22H,1-2H3. The molecule has 44 heavy (non-hydrogen) atoms. The van der Waals surface area contributed by atoms with Crippen molar-refractivity contribution >= 4 is 65.3 Å². The summed E-state index contributed by atoms with van der Waals surface area (Å²) in [5.41, 5.74) is 10.8. The molecule has 0 radical (unpaired) electrons. The van der Waals surface area contributed by atoms with Gasteiger partial charge in [0.25, 0.3) is 0 Å². The molecule has 0 saturated carbocycles. The molecule has 0 amide bonds. The summed E-state index contributed by atoms with van der Waals surface area (Å²) in [6.45, 7) is 4.72. The van der Waals surface area contributed by atoms with Crippen LogP contribution < -0.4 is 0 Å². The molecule has 0 aliphatic heterocycles. The molecule has 3 nitrogen and oxygen atoms in total. The predicted molar refractivity (Wildman–Crippen MR) is 182 cm³/mol. The van der Waals surface area contributed by atoms with Crippen LogP contribution in [-0.4, -0.2) is 9.97 Å². The van der Waals surface area contributed by atoms with Crippen molar-refractivity contribution in [1.29, 1.82) is 0 Å². The van der Waals surface area contributed by atoms with Gasteiger partial charge in [0.15, 0.2) is 0 Å². The lowest BCUT2D eigenvalue weighted by atomic mass is 9.80. The molecule has 0 bridgehead atoms. The first kappa shape index (κ1) is 24.0. The second-order valence-corrected chi connectivity index (χ2v) is 12.7. The van der Waals surface area contributed by atoms with E-state index in [-0.39, 0.29) is 5.41 Å². The van der Waals surface area contributed by atoms with E-state index in [2.05, 4.69) is 116 Å². The third-order valence-corrected chi connectivity index (χ3v) is 9.82. The van der Waals surface area contributed by atoms with Gasteiger partial charge in [-0.05, 0) is 98.4 Å². The normalized spacial score (nSPS) is 13.9. The van der Waals surface area contributed by atoms with E-state index in [1.807, 2.05) is 24.4 Å². The third-order valence-electron chi connectivity index (χ3n) is 9.82. The van der Waals surface area contributed by atoms with E-state index < -0.39 is 0 Å². The zero-order valence-electron chi connectivity index (χ0n) is 24.3. The van der Waals surface area contributed by atoms with Crippen LogP contribution >= 0.6 is 0 Å². The molecule has 0 spiro atoms. The molecule has 0 unspecified atom stereocenters. The summed E-state index contributed by atoms with van der Waals surface area (Å²) in [7, 11) is 0. The smallest absolute Gasteiger partial charge is 0.136 e. The fourth-order valence-electron chi connectivity index (χ4n) is 7.56. The monoisotopic (exact) mass is 562 g/mol. The lowest BCUT2D eigenvalue weighted by Gasteiger charge is -2.23. The van der Waals surface area contributed by atoms with Crippen molar-refractivity contribution in [3.8, 4) is 22.4 Å². The number of hydrogen-bond acceptors (Lipinski definition) is 3. The van der Waals surface area contributed by atoms with Crippen LogP contribution in [0.3, 0.4) is 0 Å². The molecule has 0 fully saturated rings. The van der Waals surface area contributed by atoms with Gasteiger partial charge in [-0.15, -0.1) is 0 Å². The average molecular weight is 563 g/mol. The van der Waals surface area contributed by atoms with Crippen molar-refractivity contribution < 1.29 is 4.42 Å². The Morgan fingerprint density at radius 3 is 2.05 bits per heavy atom. The molecule has 10 rings (SSSR count). The summed E-state index contributed by atoms with van der Waals surface area (Å²) in [5, 5.41) is 9.78. The highest BCUT2D eigenvalue weighted by Crippen LogP contribution is 2.51. The number of benzene rings is 6. The van der Waals surface area contributed by atoms with Crippen molar-refractivity contribution in [2.75, 3.05) is 0 Å². The molecule has 6 aromatic carbocycles. The number of furan rings is 1. The zero-order valence-corrected chi connectivity index (χ0v) is 24.3. The first-order chi connectivity index (χ1) is 21.5. The van der Waals surface area contributed by atoms with Crippen molar-refractivity contribution in [2.45, 2.75) is 19.3 Å². The lowest BCUT2D eigenvalue weighted by Crippen LogP contribution is -2.15. The minimum absolute atomic E-state index is 0.166. The van der Waals surface area contributed by atoms with E-state index in [0.717, 1.165) is 55.0 Å². The summed E-state index contributed by atoms with van der Waals surface area (Å²) in [4.78, 5) is 9.86. The molecule has 1 aliphatic rings. The van der Waals surface area contributed by atoms with Gasteiger partial charge in [-0.3, -0.25) is 4.98 Å². The SMILES string of the molecule is CC1(C)c2cc(-c3ccc4c(c3)oc3ccccc34)cc3ccc4cc(-c5ccc6ccc7cccnc7c6n5)cc1c4c23. The molecule has 0 N–H and O–H groups in total.